The Hall–Kier alpha value is -1.47. The van der Waals surface area contributed by atoms with Gasteiger partial charge in [0.2, 0.25) is 6.29 Å². The third-order valence-corrected chi connectivity index (χ3v) is 2.69. The average Bonchev–Trinajstić information content (AvgIpc) is 2.40. The van der Waals surface area contributed by atoms with Gasteiger partial charge in [-0.3, -0.25) is 0 Å². The molecule has 1 heterocycles. The van der Waals surface area contributed by atoms with Crippen LogP contribution in [0.1, 0.15) is 10.4 Å². The average molecular weight is 254 g/mol. The summed E-state index contributed by atoms with van der Waals surface area (Å²) in [5, 5.41) is 28.3. The van der Waals surface area contributed by atoms with Crippen molar-refractivity contribution in [2.75, 3.05) is 6.61 Å². The molecule has 1 aliphatic rings. The summed E-state index contributed by atoms with van der Waals surface area (Å²) in [5.41, 5.74) is 0.314. The van der Waals surface area contributed by atoms with Gasteiger partial charge in [0.15, 0.2) is 0 Å². The van der Waals surface area contributed by atoms with Gasteiger partial charge in [0, 0.05) is 0 Å². The molecule has 4 atom stereocenters. The first-order valence-electron chi connectivity index (χ1n) is 5.51. The Morgan fingerprint density at radius 3 is 2.50 bits per heavy atom. The van der Waals surface area contributed by atoms with Gasteiger partial charge in [0.25, 0.3) is 0 Å². The Morgan fingerprint density at radius 1 is 1.17 bits per heavy atom. The van der Waals surface area contributed by atoms with E-state index in [4.69, 9.17) is 9.47 Å². The zero-order valence-corrected chi connectivity index (χ0v) is 9.47. The van der Waals surface area contributed by atoms with Crippen LogP contribution in [0, 0.1) is 0 Å². The van der Waals surface area contributed by atoms with Crippen molar-refractivity contribution in [1.29, 1.82) is 0 Å². The van der Waals surface area contributed by atoms with Gasteiger partial charge in [-0.1, -0.05) is 18.2 Å². The van der Waals surface area contributed by atoms with Crippen LogP contribution in [0.25, 0.3) is 0 Å². The quantitative estimate of drug-likeness (QED) is 0.603. The van der Waals surface area contributed by atoms with Crippen LogP contribution in [0.4, 0.5) is 0 Å². The topological polar surface area (TPSA) is 96.2 Å². The van der Waals surface area contributed by atoms with E-state index < -0.39 is 30.6 Å². The van der Waals surface area contributed by atoms with E-state index in [9.17, 15) is 20.1 Å². The van der Waals surface area contributed by atoms with Crippen molar-refractivity contribution in [3.05, 3.63) is 35.9 Å². The predicted molar refractivity (Wildman–Crippen MR) is 59.6 cm³/mol. The van der Waals surface area contributed by atoms with Crippen LogP contribution in [0.3, 0.4) is 0 Å². The molecule has 3 N–H and O–H groups in total. The number of aliphatic hydroxyl groups is 3. The van der Waals surface area contributed by atoms with Crippen molar-refractivity contribution in [2.45, 2.75) is 24.6 Å². The zero-order chi connectivity index (χ0) is 13.1. The summed E-state index contributed by atoms with van der Waals surface area (Å²) < 4.78 is 9.89. The minimum atomic E-state index is -1.47. The van der Waals surface area contributed by atoms with E-state index in [0.29, 0.717) is 5.56 Å². The molecular weight excluding hydrogens is 240 g/mol. The SMILES string of the molecule is O=C(O[C@H]1OC[C@H](O)[C@H](O)[C@H]1O)c1ccccc1. The Morgan fingerprint density at radius 2 is 1.83 bits per heavy atom. The molecule has 0 aliphatic carbocycles. The van der Waals surface area contributed by atoms with Gasteiger partial charge in [-0.25, -0.2) is 4.79 Å². The largest absolute Gasteiger partial charge is 0.429 e. The maximum Gasteiger partial charge on any atom is 0.340 e. The molecule has 6 nitrogen and oxygen atoms in total. The standard InChI is InChI=1S/C12H14O6/c13-8-6-17-12(10(15)9(8)14)18-11(16)7-4-2-1-3-5-7/h1-5,8-10,12-15H,6H2/t8-,9-,10+,12+/m0/s1. The number of aliphatic hydroxyl groups excluding tert-OH is 3. The predicted octanol–water partition coefficient (Wildman–Crippen LogP) is -0.718. The second-order valence-electron chi connectivity index (χ2n) is 4.02. The van der Waals surface area contributed by atoms with Crippen LogP contribution in [0.15, 0.2) is 30.3 Å². The molecule has 1 aliphatic heterocycles. The number of carbonyl (C=O) groups is 1. The molecule has 2 rings (SSSR count). The highest BCUT2D eigenvalue weighted by Gasteiger charge is 2.39. The first-order chi connectivity index (χ1) is 8.59. The van der Waals surface area contributed by atoms with Gasteiger partial charge in [-0.2, -0.15) is 0 Å². The number of hydrogen-bond acceptors (Lipinski definition) is 6. The minimum absolute atomic E-state index is 0.203. The highest BCUT2D eigenvalue weighted by atomic mass is 16.7. The summed E-state index contributed by atoms with van der Waals surface area (Å²) in [7, 11) is 0. The molecular formula is C12H14O6. The van der Waals surface area contributed by atoms with Crippen molar-refractivity contribution in [2.24, 2.45) is 0 Å². The number of esters is 1. The van der Waals surface area contributed by atoms with Gasteiger partial charge < -0.3 is 24.8 Å². The molecule has 0 amide bonds. The Balaban J connectivity index is 2.00. The fourth-order valence-corrected chi connectivity index (χ4v) is 1.63. The van der Waals surface area contributed by atoms with E-state index in [1.807, 2.05) is 0 Å². The number of rotatable bonds is 2. The third kappa shape index (κ3) is 2.68. The minimum Gasteiger partial charge on any atom is -0.429 e. The van der Waals surface area contributed by atoms with E-state index in [0.717, 1.165) is 0 Å². The Labute approximate surface area is 103 Å². The lowest BCUT2D eigenvalue weighted by molar-refractivity contribution is -0.251. The molecule has 1 saturated heterocycles. The van der Waals surface area contributed by atoms with E-state index in [2.05, 4.69) is 0 Å². The summed E-state index contributed by atoms with van der Waals surface area (Å²) >= 11 is 0. The zero-order valence-electron chi connectivity index (χ0n) is 9.47. The molecule has 1 fully saturated rings. The highest BCUT2D eigenvalue weighted by molar-refractivity contribution is 5.89. The molecule has 0 saturated carbocycles. The molecule has 0 bridgehead atoms. The molecule has 0 spiro atoms. The molecule has 1 aromatic carbocycles. The van der Waals surface area contributed by atoms with Crippen LogP contribution in [-0.4, -0.2) is 52.5 Å². The normalized spacial score (nSPS) is 31.9. The lowest BCUT2D eigenvalue weighted by Gasteiger charge is -2.34. The smallest absolute Gasteiger partial charge is 0.340 e. The summed E-state index contributed by atoms with van der Waals surface area (Å²) in [6.45, 7) is -0.203. The fourth-order valence-electron chi connectivity index (χ4n) is 1.63. The first-order valence-corrected chi connectivity index (χ1v) is 5.51. The molecule has 18 heavy (non-hydrogen) atoms. The van der Waals surface area contributed by atoms with Crippen molar-refractivity contribution in [3.8, 4) is 0 Å². The van der Waals surface area contributed by atoms with Crippen molar-refractivity contribution >= 4 is 5.97 Å². The number of ether oxygens (including phenoxy) is 2. The fraction of sp³-hybridized carbons (Fsp3) is 0.417. The van der Waals surface area contributed by atoms with E-state index in [-0.39, 0.29) is 6.61 Å². The number of carbonyl (C=O) groups excluding carboxylic acids is 1. The summed E-state index contributed by atoms with van der Waals surface area (Å²) in [6, 6.07) is 8.22. The lowest BCUT2D eigenvalue weighted by atomic mass is 10.1. The highest BCUT2D eigenvalue weighted by Crippen LogP contribution is 2.17. The summed E-state index contributed by atoms with van der Waals surface area (Å²) in [5.74, 6) is -0.664. The molecule has 0 aromatic heterocycles. The van der Waals surface area contributed by atoms with Crippen molar-refractivity contribution < 1.29 is 29.6 Å². The van der Waals surface area contributed by atoms with Gasteiger partial charge in [0.1, 0.15) is 18.3 Å². The maximum atomic E-state index is 11.7. The van der Waals surface area contributed by atoms with Crippen LogP contribution in [0.5, 0.6) is 0 Å². The summed E-state index contributed by atoms with van der Waals surface area (Å²) in [4.78, 5) is 11.7. The second kappa shape index (κ2) is 5.45. The third-order valence-electron chi connectivity index (χ3n) is 2.69. The van der Waals surface area contributed by atoms with Crippen LogP contribution < -0.4 is 0 Å². The maximum absolute atomic E-state index is 11.7. The summed E-state index contributed by atoms with van der Waals surface area (Å²) in [6.07, 6.45) is -5.34. The second-order valence-corrected chi connectivity index (χ2v) is 4.02. The van der Waals surface area contributed by atoms with Gasteiger partial charge >= 0.3 is 5.97 Å². The Bertz CT molecular complexity index is 406. The number of benzene rings is 1. The number of hydrogen-bond donors (Lipinski definition) is 3. The van der Waals surface area contributed by atoms with E-state index >= 15 is 0 Å². The molecule has 98 valence electrons. The van der Waals surface area contributed by atoms with Gasteiger partial charge in [-0.05, 0) is 12.1 Å². The Kier molecular flexibility index (Phi) is 3.93. The van der Waals surface area contributed by atoms with Crippen LogP contribution in [-0.2, 0) is 9.47 Å². The molecule has 6 heteroatoms. The molecule has 1 aromatic rings. The first kappa shape index (κ1) is 13.0. The lowest BCUT2D eigenvalue weighted by Crippen LogP contribution is -2.54. The van der Waals surface area contributed by atoms with E-state index in [1.165, 1.54) is 0 Å². The van der Waals surface area contributed by atoms with Crippen molar-refractivity contribution in [1.82, 2.24) is 0 Å². The molecule has 0 radical (unpaired) electrons. The van der Waals surface area contributed by atoms with Gasteiger partial charge in [0.05, 0.1) is 12.2 Å². The van der Waals surface area contributed by atoms with Crippen molar-refractivity contribution in [3.63, 3.8) is 0 Å². The monoisotopic (exact) mass is 254 g/mol. The van der Waals surface area contributed by atoms with Crippen LogP contribution in [0.2, 0.25) is 0 Å². The van der Waals surface area contributed by atoms with Gasteiger partial charge in [-0.15, -0.1) is 0 Å². The van der Waals surface area contributed by atoms with E-state index in [1.54, 1.807) is 30.3 Å². The van der Waals surface area contributed by atoms with Crippen LogP contribution >= 0.6 is 0 Å². The molecule has 0 unspecified atom stereocenters.